The van der Waals surface area contributed by atoms with E-state index in [1.165, 1.54) is 6.92 Å². The SMILES string of the molecule is CCOc1ccc(CCC(=O)Nc2cccc(NC(C)=O)c2)cc1OCC. The lowest BCUT2D eigenvalue weighted by molar-refractivity contribution is -0.116. The molecule has 27 heavy (non-hydrogen) atoms. The van der Waals surface area contributed by atoms with Crippen LogP contribution >= 0.6 is 0 Å². The maximum absolute atomic E-state index is 12.2. The molecule has 0 unspecified atom stereocenters. The zero-order valence-corrected chi connectivity index (χ0v) is 16.0. The molecular weight excluding hydrogens is 344 g/mol. The minimum Gasteiger partial charge on any atom is -0.490 e. The van der Waals surface area contributed by atoms with Crippen LogP contribution in [0, 0.1) is 0 Å². The van der Waals surface area contributed by atoms with Gasteiger partial charge in [-0.15, -0.1) is 0 Å². The Morgan fingerprint density at radius 1 is 0.889 bits per heavy atom. The summed E-state index contributed by atoms with van der Waals surface area (Å²) in [4.78, 5) is 23.4. The molecular formula is C21H26N2O4. The van der Waals surface area contributed by atoms with Gasteiger partial charge in [0.15, 0.2) is 11.5 Å². The standard InChI is InChI=1S/C21H26N2O4/c1-4-26-19-11-9-16(13-20(19)27-5-2)10-12-21(25)23-18-8-6-7-17(14-18)22-15(3)24/h6-9,11,13-14H,4-5,10,12H2,1-3H3,(H,22,24)(H,23,25). The molecule has 0 heterocycles. The van der Waals surface area contributed by atoms with Crippen molar-refractivity contribution in [2.45, 2.75) is 33.6 Å². The summed E-state index contributed by atoms with van der Waals surface area (Å²) in [5.74, 6) is 1.16. The van der Waals surface area contributed by atoms with E-state index in [2.05, 4.69) is 10.6 Å². The van der Waals surface area contributed by atoms with E-state index < -0.39 is 0 Å². The number of carbonyl (C=O) groups is 2. The van der Waals surface area contributed by atoms with Gasteiger partial charge in [0.05, 0.1) is 13.2 Å². The largest absolute Gasteiger partial charge is 0.490 e. The van der Waals surface area contributed by atoms with Gasteiger partial charge in [-0.25, -0.2) is 0 Å². The molecule has 6 heteroatoms. The summed E-state index contributed by atoms with van der Waals surface area (Å²) in [5, 5.41) is 5.55. The number of anilines is 2. The van der Waals surface area contributed by atoms with Gasteiger partial charge in [0, 0.05) is 24.7 Å². The van der Waals surface area contributed by atoms with Gasteiger partial charge in [0.2, 0.25) is 11.8 Å². The Kier molecular flexibility index (Phi) is 7.67. The lowest BCUT2D eigenvalue weighted by Crippen LogP contribution is -2.13. The summed E-state index contributed by atoms with van der Waals surface area (Å²) in [6.07, 6.45) is 0.924. The first-order valence-electron chi connectivity index (χ1n) is 9.07. The number of hydrogen-bond donors (Lipinski definition) is 2. The predicted octanol–water partition coefficient (Wildman–Crippen LogP) is 4.01. The van der Waals surface area contributed by atoms with Gasteiger partial charge < -0.3 is 20.1 Å². The lowest BCUT2D eigenvalue weighted by Gasteiger charge is -2.12. The molecule has 0 aromatic heterocycles. The Morgan fingerprint density at radius 2 is 1.56 bits per heavy atom. The van der Waals surface area contributed by atoms with E-state index in [9.17, 15) is 9.59 Å². The molecule has 2 N–H and O–H groups in total. The molecule has 0 saturated carbocycles. The highest BCUT2D eigenvalue weighted by Crippen LogP contribution is 2.29. The normalized spacial score (nSPS) is 10.2. The highest BCUT2D eigenvalue weighted by Gasteiger charge is 2.09. The summed E-state index contributed by atoms with van der Waals surface area (Å²) < 4.78 is 11.2. The molecule has 2 rings (SSSR count). The van der Waals surface area contributed by atoms with E-state index in [0.717, 1.165) is 5.56 Å². The van der Waals surface area contributed by atoms with Crippen molar-refractivity contribution < 1.29 is 19.1 Å². The molecule has 0 spiro atoms. The van der Waals surface area contributed by atoms with E-state index in [0.29, 0.717) is 48.9 Å². The van der Waals surface area contributed by atoms with Gasteiger partial charge in [0.25, 0.3) is 0 Å². The van der Waals surface area contributed by atoms with E-state index in [-0.39, 0.29) is 11.8 Å². The number of aryl methyl sites for hydroxylation is 1. The number of hydrogen-bond acceptors (Lipinski definition) is 4. The second-order valence-electron chi connectivity index (χ2n) is 5.96. The van der Waals surface area contributed by atoms with E-state index >= 15 is 0 Å². The quantitative estimate of drug-likeness (QED) is 0.699. The molecule has 2 amide bonds. The third-order valence-electron chi connectivity index (χ3n) is 3.72. The van der Waals surface area contributed by atoms with E-state index in [1.807, 2.05) is 32.0 Å². The zero-order chi connectivity index (χ0) is 19.6. The second kappa shape index (κ2) is 10.2. The number of rotatable bonds is 9. The first-order chi connectivity index (χ1) is 13.0. The molecule has 0 aliphatic rings. The third kappa shape index (κ3) is 6.66. The maximum atomic E-state index is 12.2. The van der Waals surface area contributed by atoms with Crippen molar-refractivity contribution in [3.63, 3.8) is 0 Å². The summed E-state index contributed by atoms with van der Waals surface area (Å²) >= 11 is 0. The van der Waals surface area contributed by atoms with Crippen LogP contribution in [0.15, 0.2) is 42.5 Å². The smallest absolute Gasteiger partial charge is 0.224 e. The van der Waals surface area contributed by atoms with Crippen LogP contribution in [-0.2, 0) is 16.0 Å². The van der Waals surface area contributed by atoms with Crippen LogP contribution in [0.2, 0.25) is 0 Å². The van der Waals surface area contributed by atoms with Gasteiger partial charge in [-0.05, 0) is 56.2 Å². The summed E-state index contributed by atoms with van der Waals surface area (Å²) in [7, 11) is 0. The van der Waals surface area contributed by atoms with Gasteiger partial charge in [-0.3, -0.25) is 9.59 Å². The van der Waals surface area contributed by atoms with Crippen molar-refractivity contribution in [2.75, 3.05) is 23.8 Å². The molecule has 0 saturated heterocycles. The molecule has 0 fully saturated rings. The fraction of sp³-hybridized carbons (Fsp3) is 0.333. The van der Waals surface area contributed by atoms with Gasteiger partial charge in [-0.1, -0.05) is 12.1 Å². The van der Waals surface area contributed by atoms with Crippen LogP contribution in [-0.4, -0.2) is 25.0 Å². The van der Waals surface area contributed by atoms with Crippen LogP contribution in [0.5, 0.6) is 11.5 Å². The maximum Gasteiger partial charge on any atom is 0.224 e. The molecule has 2 aromatic carbocycles. The first kappa shape index (κ1) is 20.3. The minimum atomic E-state index is -0.154. The van der Waals surface area contributed by atoms with Gasteiger partial charge in [-0.2, -0.15) is 0 Å². The van der Waals surface area contributed by atoms with Crippen LogP contribution < -0.4 is 20.1 Å². The number of ether oxygens (including phenoxy) is 2. The number of carbonyl (C=O) groups excluding carboxylic acids is 2. The van der Waals surface area contributed by atoms with Crippen LogP contribution in [0.3, 0.4) is 0 Å². The summed E-state index contributed by atoms with van der Waals surface area (Å²) in [5.41, 5.74) is 2.30. The van der Waals surface area contributed by atoms with Crippen LogP contribution in [0.1, 0.15) is 32.8 Å². The molecule has 0 atom stereocenters. The van der Waals surface area contributed by atoms with Crippen molar-refractivity contribution in [3.05, 3.63) is 48.0 Å². The Balaban J connectivity index is 1.95. The second-order valence-corrected chi connectivity index (χ2v) is 5.96. The number of nitrogens with one attached hydrogen (secondary N) is 2. The average molecular weight is 370 g/mol. The van der Waals surface area contributed by atoms with Crippen LogP contribution in [0.4, 0.5) is 11.4 Å². The number of amides is 2. The molecule has 144 valence electrons. The Labute approximate surface area is 159 Å². The van der Waals surface area contributed by atoms with Gasteiger partial charge >= 0.3 is 0 Å². The van der Waals surface area contributed by atoms with Gasteiger partial charge in [0.1, 0.15) is 0 Å². The molecule has 0 radical (unpaired) electrons. The fourth-order valence-corrected chi connectivity index (χ4v) is 2.61. The molecule has 0 aliphatic heterocycles. The Hall–Kier alpha value is -3.02. The van der Waals surface area contributed by atoms with Crippen LogP contribution in [0.25, 0.3) is 0 Å². The number of benzene rings is 2. The summed E-state index contributed by atoms with van der Waals surface area (Å²) in [6.45, 7) is 6.41. The predicted molar refractivity (Wildman–Crippen MR) is 106 cm³/mol. The molecule has 0 bridgehead atoms. The summed E-state index contributed by atoms with van der Waals surface area (Å²) in [6, 6.07) is 12.8. The Bertz CT molecular complexity index is 790. The Morgan fingerprint density at radius 3 is 2.22 bits per heavy atom. The van der Waals surface area contributed by atoms with Crippen molar-refractivity contribution in [1.82, 2.24) is 0 Å². The minimum absolute atomic E-state index is 0.0955. The molecule has 2 aromatic rings. The third-order valence-corrected chi connectivity index (χ3v) is 3.72. The highest BCUT2D eigenvalue weighted by molar-refractivity contribution is 5.93. The van der Waals surface area contributed by atoms with E-state index in [4.69, 9.17) is 9.47 Å². The van der Waals surface area contributed by atoms with Crippen molar-refractivity contribution in [1.29, 1.82) is 0 Å². The van der Waals surface area contributed by atoms with Crippen molar-refractivity contribution in [2.24, 2.45) is 0 Å². The first-order valence-corrected chi connectivity index (χ1v) is 9.07. The average Bonchev–Trinajstić information content (AvgIpc) is 2.62. The topological polar surface area (TPSA) is 76.7 Å². The lowest BCUT2D eigenvalue weighted by atomic mass is 10.1. The van der Waals surface area contributed by atoms with E-state index in [1.54, 1.807) is 24.3 Å². The monoisotopic (exact) mass is 370 g/mol. The zero-order valence-electron chi connectivity index (χ0n) is 16.0. The van der Waals surface area contributed by atoms with Crippen molar-refractivity contribution in [3.8, 4) is 11.5 Å². The molecule has 6 nitrogen and oxygen atoms in total. The molecule has 0 aliphatic carbocycles. The fourth-order valence-electron chi connectivity index (χ4n) is 2.61. The van der Waals surface area contributed by atoms with Crippen molar-refractivity contribution >= 4 is 23.2 Å². The highest BCUT2D eigenvalue weighted by atomic mass is 16.5.